The van der Waals surface area contributed by atoms with Crippen molar-refractivity contribution in [2.24, 2.45) is 0 Å². The lowest BCUT2D eigenvalue weighted by Gasteiger charge is -2.35. The zero-order chi connectivity index (χ0) is 35.1. The molecule has 0 aliphatic rings. The molecule has 1 N–H and O–H groups in total. The SMILES string of the molecule is COc1ccc(S(=O)(=O)N(CC(=O)N(Cc2ccccc2F)[C@H](Cc2ccccc2)C(=O)NC(C)(C)C)c2ccc(C)cc2)cc1OC. The van der Waals surface area contributed by atoms with Crippen LogP contribution in [0, 0.1) is 12.7 Å². The van der Waals surface area contributed by atoms with E-state index in [1.165, 1.54) is 55.5 Å². The second-order valence-corrected chi connectivity index (χ2v) is 14.3. The van der Waals surface area contributed by atoms with Gasteiger partial charge in [0.25, 0.3) is 10.0 Å². The first-order valence-corrected chi connectivity index (χ1v) is 16.9. The van der Waals surface area contributed by atoms with Crippen molar-refractivity contribution in [2.75, 3.05) is 25.1 Å². The average molecular weight is 676 g/mol. The van der Waals surface area contributed by atoms with Gasteiger partial charge in [0.15, 0.2) is 11.5 Å². The summed E-state index contributed by atoms with van der Waals surface area (Å²) >= 11 is 0. The third-order valence-corrected chi connectivity index (χ3v) is 9.38. The van der Waals surface area contributed by atoms with Crippen LogP contribution in [0.25, 0.3) is 0 Å². The molecule has 4 aromatic carbocycles. The number of anilines is 1. The molecule has 254 valence electrons. The van der Waals surface area contributed by atoms with Gasteiger partial charge in [0.2, 0.25) is 11.8 Å². The molecule has 4 aromatic rings. The van der Waals surface area contributed by atoms with E-state index >= 15 is 4.39 Å². The van der Waals surface area contributed by atoms with Crippen molar-refractivity contribution in [3.8, 4) is 11.5 Å². The summed E-state index contributed by atoms with van der Waals surface area (Å²) in [5.74, 6) is -1.19. The number of nitrogens with one attached hydrogen (secondary N) is 1. The van der Waals surface area contributed by atoms with Crippen molar-refractivity contribution >= 4 is 27.5 Å². The standard InChI is InChI=1S/C37H42FN3O6S/c1-26-16-18-29(19-17-26)41(48(44,45)30-20-21-33(46-5)34(23-30)47-6)25-35(42)40(24-28-14-10-11-15-31(28)38)32(36(43)39-37(2,3)4)22-27-12-8-7-9-13-27/h7-21,23,32H,22,24-25H2,1-6H3,(H,39,43)/t32-/m1/s1. The number of aryl methyl sites for hydroxylation is 1. The van der Waals surface area contributed by atoms with Crippen LogP contribution in [-0.2, 0) is 32.6 Å². The van der Waals surface area contributed by atoms with E-state index in [2.05, 4.69) is 5.32 Å². The van der Waals surface area contributed by atoms with Gasteiger partial charge in [-0.05, 0) is 63.6 Å². The Morgan fingerprint density at radius 2 is 1.48 bits per heavy atom. The van der Waals surface area contributed by atoms with Crippen LogP contribution in [0.4, 0.5) is 10.1 Å². The van der Waals surface area contributed by atoms with Gasteiger partial charge in [-0.3, -0.25) is 13.9 Å². The fraction of sp³-hybridized carbons (Fsp3) is 0.297. The number of ether oxygens (including phenoxy) is 2. The van der Waals surface area contributed by atoms with Crippen molar-refractivity contribution < 1.29 is 31.9 Å². The molecule has 0 saturated carbocycles. The topological polar surface area (TPSA) is 105 Å². The average Bonchev–Trinajstić information content (AvgIpc) is 3.05. The Hall–Kier alpha value is -4.90. The van der Waals surface area contributed by atoms with Crippen molar-refractivity contribution in [1.29, 1.82) is 0 Å². The van der Waals surface area contributed by atoms with Crippen LogP contribution in [0.5, 0.6) is 11.5 Å². The van der Waals surface area contributed by atoms with Crippen molar-refractivity contribution in [3.63, 3.8) is 0 Å². The van der Waals surface area contributed by atoms with Gasteiger partial charge < -0.3 is 19.7 Å². The fourth-order valence-electron chi connectivity index (χ4n) is 5.16. The molecular formula is C37H42FN3O6S. The first-order valence-electron chi connectivity index (χ1n) is 15.4. The third-order valence-electron chi connectivity index (χ3n) is 7.61. The number of nitrogens with zero attached hydrogens (tertiary/aromatic N) is 2. The lowest BCUT2D eigenvalue weighted by molar-refractivity contribution is -0.140. The highest BCUT2D eigenvalue weighted by Gasteiger charge is 2.36. The minimum Gasteiger partial charge on any atom is -0.493 e. The molecule has 0 unspecified atom stereocenters. The van der Waals surface area contributed by atoms with Gasteiger partial charge in [-0.1, -0.05) is 66.2 Å². The molecule has 0 aliphatic carbocycles. The summed E-state index contributed by atoms with van der Waals surface area (Å²) in [4.78, 5) is 29.7. The quantitative estimate of drug-likeness (QED) is 0.189. The van der Waals surface area contributed by atoms with Gasteiger partial charge in [-0.2, -0.15) is 0 Å². The molecule has 0 aliphatic heterocycles. The summed E-state index contributed by atoms with van der Waals surface area (Å²) in [7, 11) is -1.56. The van der Waals surface area contributed by atoms with Gasteiger partial charge in [-0.25, -0.2) is 12.8 Å². The Morgan fingerprint density at radius 3 is 2.08 bits per heavy atom. The summed E-state index contributed by atoms with van der Waals surface area (Å²) in [6, 6.07) is 24.9. The van der Waals surface area contributed by atoms with E-state index < -0.39 is 45.8 Å². The monoisotopic (exact) mass is 675 g/mol. The highest BCUT2D eigenvalue weighted by molar-refractivity contribution is 7.92. The zero-order valence-corrected chi connectivity index (χ0v) is 28.9. The highest BCUT2D eigenvalue weighted by atomic mass is 32.2. The molecular weight excluding hydrogens is 633 g/mol. The Morgan fingerprint density at radius 1 is 0.854 bits per heavy atom. The van der Waals surface area contributed by atoms with E-state index in [0.717, 1.165) is 15.4 Å². The summed E-state index contributed by atoms with van der Waals surface area (Å²) in [5.41, 5.74) is 1.41. The minimum absolute atomic E-state index is 0.107. The predicted octanol–water partition coefficient (Wildman–Crippen LogP) is 5.90. The third kappa shape index (κ3) is 8.92. The lowest BCUT2D eigenvalue weighted by Crippen LogP contribution is -2.56. The van der Waals surface area contributed by atoms with Crippen LogP contribution in [0.2, 0.25) is 0 Å². The summed E-state index contributed by atoms with van der Waals surface area (Å²) in [5, 5.41) is 2.96. The van der Waals surface area contributed by atoms with Crippen molar-refractivity contribution in [2.45, 2.75) is 57.1 Å². The first-order chi connectivity index (χ1) is 22.7. The van der Waals surface area contributed by atoms with E-state index in [0.29, 0.717) is 5.75 Å². The first kappa shape index (κ1) is 35.9. The molecule has 0 spiro atoms. The van der Waals surface area contributed by atoms with Gasteiger partial charge in [-0.15, -0.1) is 0 Å². The van der Waals surface area contributed by atoms with Crippen LogP contribution < -0.4 is 19.1 Å². The molecule has 48 heavy (non-hydrogen) atoms. The number of halogens is 1. The number of amides is 2. The summed E-state index contributed by atoms with van der Waals surface area (Å²) < 4.78 is 55.5. The smallest absolute Gasteiger partial charge is 0.264 e. The zero-order valence-electron chi connectivity index (χ0n) is 28.1. The molecule has 0 fully saturated rings. The number of hydrogen-bond donors (Lipinski definition) is 1. The van der Waals surface area contributed by atoms with E-state index in [1.54, 1.807) is 30.3 Å². The van der Waals surface area contributed by atoms with Gasteiger partial charge in [0.05, 0.1) is 24.8 Å². The van der Waals surface area contributed by atoms with Crippen LogP contribution >= 0.6 is 0 Å². The van der Waals surface area contributed by atoms with E-state index in [4.69, 9.17) is 9.47 Å². The molecule has 0 saturated heterocycles. The second-order valence-electron chi connectivity index (χ2n) is 12.4. The Labute approximate surface area is 282 Å². The largest absolute Gasteiger partial charge is 0.493 e. The fourth-order valence-corrected chi connectivity index (χ4v) is 6.59. The summed E-state index contributed by atoms with van der Waals surface area (Å²) in [6.07, 6.45) is 0.107. The lowest BCUT2D eigenvalue weighted by atomic mass is 10.0. The molecule has 2 amide bonds. The Bertz CT molecular complexity index is 1830. The molecule has 9 nitrogen and oxygen atoms in total. The maximum absolute atomic E-state index is 15.1. The van der Waals surface area contributed by atoms with E-state index in [-0.39, 0.29) is 34.9 Å². The number of carbonyl (C=O) groups is 2. The Balaban J connectivity index is 1.85. The maximum Gasteiger partial charge on any atom is 0.264 e. The van der Waals surface area contributed by atoms with Gasteiger partial charge in [0.1, 0.15) is 18.4 Å². The number of rotatable bonds is 13. The minimum atomic E-state index is -4.39. The van der Waals surface area contributed by atoms with Crippen molar-refractivity contribution in [1.82, 2.24) is 10.2 Å². The number of hydrogen-bond acceptors (Lipinski definition) is 6. The molecule has 0 heterocycles. The number of carbonyl (C=O) groups excluding carboxylic acids is 2. The summed E-state index contributed by atoms with van der Waals surface area (Å²) in [6.45, 7) is 6.37. The van der Waals surface area contributed by atoms with Crippen LogP contribution in [-0.4, -0.2) is 57.5 Å². The van der Waals surface area contributed by atoms with Crippen LogP contribution in [0.15, 0.2) is 102 Å². The normalized spacial score (nSPS) is 12.1. The van der Waals surface area contributed by atoms with Crippen LogP contribution in [0.1, 0.15) is 37.5 Å². The number of methoxy groups -OCH3 is 2. The van der Waals surface area contributed by atoms with E-state index in [9.17, 15) is 18.0 Å². The number of benzene rings is 4. The molecule has 4 rings (SSSR count). The predicted molar refractivity (Wildman–Crippen MR) is 184 cm³/mol. The molecule has 0 bridgehead atoms. The Kier molecular flexibility index (Phi) is 11.5. The van der Waals surface area contributed by atoms with Gasteiger partial charge in [0, 0.05) is 30.1 Å². The molecule has 11 heteroatoms. The second kappa shape index (κ2) is 15.3. The number of sulfonamides is 1. The molecule has 1 atom stereocenters. The van der Waals surface area contributed by atoms with Crippen molar-refractivity contribution in [3.05, 3.63) is 120 Å². The van der Waals surface area contributed by atoms with Gasteiger partial charge >= 0.3 is 0 Å². The van der Waals surface area contributed by atoms with E-state index in [1.807, 2.05) is 58.0 Å². The van der Waals surface area contributed by atoms with Crippen LogP contribution in [0.3, 0.4) is 0 Å². The molecule has 0 radical (unpaired) electrons. The highest BCUT2D eigenvalue weighted by Crippen LogP contribution is 2.32. The maximum atomic E-state index is 15.1. The molecule has 0 aromatic heterocycles.